The van der Waals surface area contributed by atoms with Crippen molar-refractivity contribution in [1.82, 2.24) is 0 Å². The van der Waals surface area contributed by atoms with Gasteiger partial charge in [-0.2, -0.15) is 0 Å². The smallest absolute Gasteiger partial charge is 0.162 e. The second-order valence-corrected chi connectivity index (χ2v) is 4.35. The lowest BCUT2D eigenvalue weighted by atomic mass is 10.0. The van der Waals surface area contributed by atoms with Crippen LogP contribution in [-0.2, 0) is 0 Å². The van der Waals surface area contributed by atoms with Gasteiger partial charge >= 0.3 is 0 Å². The van der Waals surface area contributed by atoms with Crippen LogP contribution < -0.4 is 10.5 Å². The molecule has 1 atom stereocenters. The molecule has 0 radical (unpaired) electrons. The molecule has 1 aromatic carbocycles. The molecule has 2 N–H and O–H groups in total. The molecular weight excluding hydrogens is 214 g/mol. The first-order valence-corrected chi connectivity index (χ1v) is 6.06. The molecule has 3 nitrogen and oxygen atoms in total. The maximum absolute atomic E-state index is 11.9. The van der Waals surface area contributed by atoms with Gasteiger partial charge < -0.3 is 10.5 Å². The van der Waals surface area contributed by atoms with E-state index in [1.54, 1.807) is 0 Å². The largest absolute Gasteiger partial charge is 0.494 e. The van der Waals surface area contributed by atoms with Gasteiger partial charge in [-0.15, -0.1) is 0 Å². The van der Waals surface area contributed by atoms with Crippen LogP contribution in [0.3, 0.4) is 0 Å². The molecule has 17 heavy (non-hydrogen) atoms. The van der Waals surface area contributed by atoms with Crippen molar-refractivity contribution in [2.45, 2.75) is 39.7 Å². The fourth-order valence-electron chi connectivity index (χ4n) is 1.64. The molecule has 0 bridgehead atoms. The highest BCUT2D eigenvalue weighted by atomic mass is 16.5. The summed E-state index contributed by atoms with van der Waals surface area (Å²) in [4.78, 5) is 11.9. The lowest BCUT2D eigenvalue weighted by molar-refractivity contribution is 0.0978. The minimum Gasteiger partial charge on any atom is -0.494 e. The molecule has 0 aliphatic rings. The third kappa shape index (κ3) is 4.19. The van der Waals surface area contributed by atoms with E-state index in [1.807, 2.05) is 39.0 Å². The van der Waals surface area contributed by atoms with Crippen LogP contribution in [0.5, 0.6) is 5.75 Å². The molecule has 1 rings (SSSR count). The minimum atomic E-state index is 0.0720. The zero-order chi connectivity index (χ0) is 12.8. The fraction of sp³-hybridized carbons (Fsp3) is 0.500. The second-order valence-electron chi connectivity index (χ2n) is 4.35. The normalized spacial score (nSPS) is 12.2. The highest BCUT2D eigenvalue weighted by Gasteiger charge is 2.09. The van der Waals surface area contributed by atoms with E-state index in [0.29, 0.717) is 13.0 Å². The summed E-state index contributed by atoms with van der Waals surface area (Å²) in [6.07, 6.45) is 1.23. The SMILES string of the molecule is CCOc1ccc(C(=O)CCC(C)N)cc1C. The van der Waals surface area contributed by atoms with Crippen LogP contribution in [0.15, 0.2) is 18.2 Å². The first-order valence-electron chi connectivity index (χ1n) is 6.06. The van der Waals surface area contributed by atoms with Crippen LogP contribution in [0.1, 0.15) is 42.6 Å². The van der Waals surface area contributed by atoms with E-state index in [2.05, 4.69) is 0 Å². The second kappa shape index (κ2) is 6.40. The minimum absolute atomic E-state index is 0.0720. The van der Waals surface area contributed by atoms with Gasteiger partial charge in [0.2, 0.25) is 0 Å². The molecule has 0 fully saturated rings. The summed E-state index contributed by atoms with van der Waals surface area (Å²) >= 11 is 0. The molecule has 94 valence electrons. The van der Waals surface area contributed by atoms with Crippen LogP contribution in [0, 0.1) is 6.92 Å². The Kier molecular flexibility index (Phi) is 5.16. The van der Waals surface area contributed by atoms with E-state index in [0.717, 1.165) is 23.3 Å². The summed E-state index contributed by atoms with van der Waals surface area (Å²) in [5.41, 5.74) is 7.38. The van der Waals surface area contributed by atoms with Gasteiger partial charge in [0, 0.05) is 18.0 Å². The summed E-state index contributed by atoms with van der Waals surface area (Å²) in [6.45, 7) is 6.45. The molecule has 0 heterocycles. The van der Waals surface area contributed by atoms with Crippen LogP contribution in [0.4, 0.5) is 0 Å². The maximum Gasteiger partial charge on any atom is 0.162 e. The predicted octanol–water partition coefficient (Wildman–Crippen LogP) is 2.70. The van der Waals surface area contributed by atoms with Crippen molar-refractivity contribution in [2.24, 2.45) is 5.73 Å². The number of Topliss-reactive ketones (excluding diaryl/α,β-unsaturated/α-hetero) is 1. The molecule has 0 spiro atoms. The summed E-state index contributed by atoms with van der Waals surface area (Å²) in [5, 5.41) is 0. The molecule has 0 saturated carbocycles. The Labute approximate surface area is 103 Å². The van der Waals surface area contributed by atoms with Gasteiger partial charge in [0.05, 0.1) is 6.61 Å². The van der Waals surface area contributed by atoms with E-state index in [4.69, 9.17) is 10.5 Å². The van der Waals surface area contributed by atoms with Gasteiger partial charge in [0.15, 0.2) is 5.78 Å². The first kappa shape index (κ1) is 13.7. The number of aryl methyl sites for hydroxylation is 1. The van der Waals surface area contributed by atoms with Crippen molar-refractivity contribution in [2.75, 3.05) is 6.61 Å². The van der Waals surface area contributed by atoms with E-state index >= 15 is 0 Å². The highest BCUT2D eigenvalue weighted by molar-refractivity contribution is 5.96. The number of nitrogens with two attached hydrogens (primary N) is 1. The third-order valence-electron chi connectivity index (χ3n) is 2.62. The number of carbonyl (C=O) groups excluding carboxylic acids is 1. The van der Waals surface area contributed by atoms with Gasteiger partial charge in [-0.3, -0.25) is 4.79 Å². The van der Waals surface area contributed by atoms with E-state index in [1.165, 1.54) is 0 Å². The van der Waals surface area contributed by atoms with Crippen molar-refractivity contribution in [3.05, 3.63) is 29.3 Å². The Morgan fingerprint density at radius 3 is 2.71 bits per heavy atom. The van der Waals surface area contributed by atoms with Crippen LogP contribution in [-0.4, -0.2) is 18.4 Å². The molecule has 3 heteroatoms. The molecule has 0 aliphatic heterocycles. The van der Waals surface area contributed by atoms with Crippen LogP contribution in [0.2, 0.25) is 0 Å². The summed E-state index contributed by atoms with van der Waals surface area (Å²) < 4.78 is 5.44. The predicted molar refractivity (Wildman–Crippen MR) is 69.6 cm³/mol. The van der Waals surface area contributed by atoms with E-state index in [-0.39, 0.29) is 11.8 Å². The van der Waals surface area contributed by atoms with Crippen molar-refractivity contribution in [1.29, 1.82) is 0 Å². The number of carbonyl (C=O) groups is 1. The van der Waals surface area contributed by atoms with E-state index in [9.17, 15) is 4.79 Å². The number of rotatable bonds is 6. The zero-order valence-electron chi connectivity index (χ0n) is 10.8. The number of benzene rings is 1. The monoisotopic (exact) mass is 235 g/mol. The molecule has 0 saturated heterocycles. The third-order valence-corrected chi connectivity index (χ3v) is 2.62. The maximum atomic E-state index is 11.9. The number of hydrogen-bond acceptors (Lipinski definition) is 3. The molecule has 0 amide bonds. The van der Waals surface area contributed by atoms with Gasteiger partial charge in [0.1, 0.15) is 5.75 Å². The topological polar surface area (TPSA) is 52.3 Å². The first-order chi connectivity index (χ1) is 8.04. The number of ketones is 1. The number of ether oxygens (including phenoxy) is 1. The Bertz CT molecular complexity index is 386. The van der Waals surface area contributed by atoms with Crippen LogP contribution in [0.25, 0.3) is 0 Å². The van der Waals surface area contributed by atoms with E-state index < -0.39 is 0 Å². The van der Waals surface area contributed by atoms with Gasteiger partial charge in [-0.25, -0.2) is 0 Å². The molecular formula is C14H21NO2. The molecule has 0 aliphatic carbocycles. The lowest BCUT2D eigenvalue weighted by Crippen LogP contribution is -2.16. The number of hydrogen-bond donors (Lipinski definition) is 1. The average molecular weight is 235 g/mol. The molecule has 1 unspecified atom stereocenters. The van der Waals surface area contributed by atoms with Crippen molar-refractivity contribution in [3.63, 3.8) is 0 Å². The lowest BCUT2D eigenvalue weighted by Gasteiger charge is -2.09. The molecule has 0 aromatic heterocycles. The van der Waals surface area contributed by atoms with Gasteiger partial charge in [-0.05, 0) is 51.0 Å². The average Bonchev–Trinajstić information content (AvgIpc) is 2.28. The zero-order valence-corrected chi connectivity index (χ0v) is 10.8. The highest BCUT2D eigenvalue weighted by Crippen LogP contribution is 2.20. The fourth-order valence-corrected chi connectivity index (χ4v) is 1.64. The van der Waals surface area contributed by atoms with Gasteiger partial charge in [0.25, 0.3) is 0 Å². The van der Waals surface area contributed by atoms with Crippen molar-refractivity contribution in [3.8, 4) is 5.75 Å². The molecule has 1 aromatic rings. The van der Waals surface area contributed by atoms with Gasteiger partial charge in [-0.1, -0.05) is 0 Å². The summed E-state index contributed by atoms with van der Waals surface area (Å²) in [7, 11) is 0. The van der Waals surface area contributed by atoms with Crippen molar-refractivity contribution >= 4 is 5.78 Å². The Hall–Kier alpha value is -1.35. The summed E-state index contributed by atoms with van der Waals surface area (Å²) in [6, 6.07) is 5.64. The Morgan fingerprint density at radius 1 is 1.47 bits per heavy atom. The Morgan fingerprint density at radius 2 is 2.18 bits per heavy atom. The van der Waals surface area contributed by atoms with Crippen LogP contribution >= 0.6 is 0 Å². The Balaban J connectivity index is 2.72. The quantitative estimate of drug-likeness (QED) is 0.771. The summed E-state index contributed by atoms with van der Waals surface area (Å²) in [5.74, 6) is 0.990. The van der Waals surface area contributed by atoms with Crippen molar-refractivity contribution < 1.29 is 9.53 Å². The standard InChI is InChI=1S/C14H21NO2/c1-4-17-14-8-6-12(9-10(14)2)13(16)7-5-11(3)15/h6,8-9,11H,4-5,7,15H2,1-3H3.